The molecule has 1 N–H and O–H groups in total. The molecule has 1 aromatic heterocycles. The highest BCUT2D eigenvalue weighted by molar-refractivity contribution is 7.10. The lowest BCUT2D eigenvalue weighted by molar-refractivity contribution is -0.384. The van der Waals surface area contributed by atoms with Gasteiger partial charge in [0.15, 0.2) is 0 Å². The molecule has 5 nitrogen and oxygen atoms in total. The van der Waals surface area contributed by atoms with Gasteiger partial charge in [-0.15, -0.1) is 11.3 Å². The number of rotatable bonds is 6. The first-order chi connectivity index (χ1) is 10.0. The maximum absolute atomic E-state index is 10.9. The highest BCUT2D eigenvalue weighted by atomic mass is 32.1. The summed E-state index contributed by atoms with van der Waals surface area (Å²) in [6, 6.07) is 9.71. The predicted molar refractivity (Wildman–Crippen MR) is 86.8 cm³/mol. The molecule has 0 fully saturated rings. The van der Waals surface area contributed by atoms with Gasteiger partial charge in [0.25, 0.3) is 5.69 Å². The third kappa shape index (κ3) is 3.59. The Hall–Kier alpha value is -1.92. The fraction of sp³-hybridized carbons (Fsp3) is 0.333. The van der Waals surface area contributed by atoms with Gasteiger partial charge in [0.1, 0.15) is 5.69 Å². The summed E-state index contributed by atoms with van der Waals surface area (Å²) in [7, 11) is 3.76. The first-order valence-electron chi connectivity index (χ1n) is 6.71. The smallest absolute Gasteiger partial charge is 0.292 e. The molecule has 6 heteroatoms. The van der Waals surface area contributed by atoms with Crippen molar-refractivity contribution in [1.82, 2.24) is 4.90 Å². The lowest BCUT2D eigenvalue weighted by Crippen LogP contribution is -2.21. The summed E-state index contributed by atoms with van der Waals surface area (Å²) in [5.74, 6) is 0. The van der Waals surface area contributed by atoms with Gasteiger partial charge in [0, 0.05) is 30.6 Å². The number of benzene rings is 1. The van der Waals surface area contributed by atoms with Gasteiger partial charge in [-0.25, -0.2) is 0 Å². The predicted octanol–water partition coefficient (Wildman–Crippen LogP) is 3.89. The number of nitro benzene ring substituents is 1. The van der Waals surface area contributed by atoms with E-state index in [9.17, 15) is 10.1 Å². The molecule has 21 heavy (non-hydrogen) atoms. The van der Waals surface area contributed by atoms with Crippen LogP contribution in [0.3, 0.4) is 0 Å². The van der Waals surface area contributed by atoms with Gasteiger partial charge in [-0.2, -0.15) is 0 Å². The third-order valence-electron chi connectivity index (χ3n) is 3.58. The molecule has 0 aliphatic rings. The van der Waals surface area contributed by atoms with Crippen LogP contribution in [0.5, 0.6) is 0 Å². The molecule has 0 bridgehead atoms. The highest BCUT2D eigenvalue weighted by Gasteiger charge is 2.16. The van der Waals surface area contributed by atoms with E-state index < -0.39 is 0 Å². The summed E-state index contributed by atoms with van der Waals surface area (Å²) in [6.07, 6.45) is 0. The van der Waals surface area contributed by atoms with E-state index in [4.69, 9.17) is 0 Å². The number of hydrogen-bond acceptors (Lipinski definition) is 5. The van der Waals surface area contributed by atoms with Crippen molar-refractivity contribution in [2.24, 2.45) is 0 Å². The van der Waals surface area contributed by atoms with Gasteiger partial charge in [-0.3, -0.25) is 15.0 Å². The summed E-state index contributed by atoms with van der Waals surface area (Å²) in [5.41, 5.74) is 1.71. The average Bonchev–Trinajstić information content (AvgIpc) is 3.00. The topological polar surface area (TPSA) is 58.4 Å². The van der Waals surface area contributed by atoms with E-state index in [0.717, 1.165) is 12.1 Å². The van der Waals surface area contributed by atoms with Crippen LogP contribution in [0.25, 0.3) is 0 Å². The number of anilines is 1. The number of nitrogens with one attached hydrogen (secondary N) is 1. The van der Waals surface area contributed by atoms with Gasteiger partial charge in [0.05, 0.1) is 4.92 Å². The van der Waals surface area contributed by atoms with Crippen LogP contribution in [0.15, 0.2) is 35.7 Å². The van der Waals surface area contributed by atoms with Crippen LogP contribution in [0.4, 0.5) is 11.4 Å². The van der Waals surface area contributed by atoms with Gasteiger partial charge in [-0.05, 0) is 37.0 Å². The molecule has 0 saturated carbocycles. The van der Waals surface area contributed by atoms with E-state index in [2.05, 4.69) is 41.7 Å². The molecule has 2 aromatic rings. The number of hydrogen-bond donors (Lipinski definition) is 1. The second-order valence-electron chi connectivity index (χ2n) is 4.97. The summed E-state index contributed by atoms with van der Waals surface area (Å²) >= 11 is 1.74. The first kappa shape index (κ1) is 15.5. The van der Waals surface area contributed by atoms with Crippen LogP contribution in [-0.4, -0.2) is 23.9 Å². The molecule has 0 spiro atoms. The Balaban J connectivity index is 2.14. The zero-order valence-corrected chi connectivity index (χ0v) is 13.2. The van der Waals surface area contributed by atoms with Gasteiger partial charge < -0.3 is 5.32 Å². The molecule has 112 valence electrons. The summed E-state index contributed by atoms with van der Waals surface area (Å²) in [6.45, 7) is 2.90. The van der Waals surface area contributed by atoms with Crippen LogP contribution < -0.4 is 5.32 Å². The van der Waals surface area contributed by atoms with Crippen molar-refractivity contribution in [1.29, 1.82) is 0 Å². The molecular formula is C15H19N3O2S. The third-order valence-corrected chi connectivity index (χ3v) is 4.62. The van der Waals surface area contributed by atoms with Crippen LogP contribution in [0.1, 0.15) is 23.4 Å². The Bertz CT molecular complexity index is 613. The number of nitrogens with zero attached hydrogens (tertiary/aromatic N) is 2. The van der Waals surface area contributed by atoms with Crippen molar-refractivity contribution in [3.05, 3.63) is 56.3 Å². The van der Waals surface area contributed by atoms with E-state index in [1.165, 1.54) is 4.88 Å². The quantitative estimate of drug-likeness (QED) is 0.649. The zero-order valence-electron chi connectivity index (χ0n) is 12.4. The molecule has 2 rings (SSSR count). The van der Waals surface area contributed by atoms with Crippen molar-refractivity contribution in [2.75, 3.05) is 19.4 Å². The lowest BCUT2D eigenvalue weighted by Gasteiger charge is -2.24. The normalized spacial score (nSPS) is 12.4. The molecule has 1 heterocycles. The number of thiophene rings is 1. The molecule has 1 unspecified atom stereocenters. The van der Waals surface area contributed by atoms with Crippen molar-refractivity contribution in [3.63, 3.8) is 0 Å². The van der Waals surface area contributed by atoms with Crippen molar-refractivity contribution >= 4 is 22.7 Å². The van der Waals surface area contributed by atoms with E-state index in [0.29, 0.717) is 11.7 Å². The Labute approximate surface area is 128 Å². The first-order valence-corrected chi connectivity index (χ1v) is 7.59. The van der Waals surface area contributed by atoms with Gasteiger partial charge in [0.2, 0.25) is 0 Å². The monoisotopic (exact) mass is 305 g/mol. The zero-order chi connectivity index (χ0) is 15.4. The van der Waals surface area contributed by atoms with Gasteiger partial charge in [-0.1, -0.05) is 12.1 Å². The molecule has 0 amide bonds. The van der Waals surface area contributed by atoms with Crippen molar-refractivity contribution in [2.45, 2.75) is 19.5 Å². The molecule has 0 radical (unpaired) electrons. The maximum atomic E-state index is 10.9. The Kier molecular flexibility index (Phi) is 4.93. The maximum Gasteiger partial charge on any atom is 0.292 e. The van der Waals surface area contributed by atoms with Crippen molar-refractivity contribution in [3.8, 4) is 0 Å². The minimum Gasteiger partial charge on any atom is -0.383 e. The second-order valence-corrected chi connectivity index (χ2v) is 5.94. The summed E-state index contributed by atoms with van der Waals surface area (Å²) in [4.78, 5) is 14.1. The molecule has 0 aliphatic carbocycles. The van der Waals surface area contributed by atoms with E-state index in [1.54, 1.807) is 24.5 Å². The number of nitro groups is 1. The van der Waals surface area contributed by atoms with Crippen LogP contribution >= 0.6 is 11.3 Å². The minimum atomic E-state index is -0.367. The van der Waals surface area contributed by atoms with Gasteiger partial charge >= 0.3 is 0 Å². The van der Waals surface area contributed by atoms with E-state index in [1.807, 2.05) is 12.1 Å². The Morgan fingerprint density at radius 2 is 2.19 bits per heavy atom. The Morgan fingerprint density at radius 3 is 2.76 bits per heavy atom. The van der Waals surface area contributed by atoms with E-state index in [-0.39, 0.29) is 10.6 Å². The molecule has 1 aromatic carbocycles. The lowest BCUT2D eigenvalue weighted by atomic mass is 10.1. The average molecular weight is 305 g/mol. The second kappa shape index (κ2) is 6.69. The molecule has 0 saturated heterocycles. The fourth-order valence-corrected chi connectivity index (χ4v) is 3.06. The largest absolute Gasteiger partial charge is 0.383 e. The SMILES string of the molecule is CNc1cc(CN(C)C(C)c2cccs2)ccc1[N+](=O)[O-]. The summed E-state index contributed by atoms with van der Waals surface area (Å²) < 4.78 is 0. The standard InChI is InChI=1S/C15H19N3O2S/c1-11(15-5-4-8-21-15)17(3)10-12-6-7-14(18(19)20)13(9-12)16-2/h4-9,11,16H,10H2,1-3H3. The fourth-order valence-electron chi connectivity index (χ4n) is 2.21. The molecular weight excluding hydrogens is 286 g/mol. The van der Waals surface area contributed by atoms with Crippen molar-refractivity contribution < 1.29 is 4.92 Å². The molecule has 0 aliphatic heterocycles. The van der Waals surface area contributed by atoms with Crippen LogP contribution in [-0.2, 0) is 6.54 Å². The summed E-state index contributed by atoms with van der Waals surface area (Å²) in [5, 5.41) is 15.9. The Morgan fingerprint density at radius 1 is 1.43 bits per heavy atom. The molecule has 1 atom stereocenters. The highest BCUT2D eigenvalue weighted by Crippen LogP contribution is 2.28. The van der Waals surface area contributed by atoms with Crippen LogP contribution in [0.2, 0.25) is 0 Å². The van der Waals surface area contributed by atoms with Crippen LogP contribution in [0, 0.1) is 10.1 Å². The minimum absolute atomic E-state index is 0.107. The van der Waals surface area contributed by atoms with E-state index >= 15 is 0 Å².